The van der Waals surface area contributed by atoms with Crippen LogP contribution in [0, 0.1) is 11.6 Å². The fraction of sp³-hybridized carbons (Fsp3) is 0. The van der Waals surface area contributed by atoms with Gasteiger partial charge in [-0.25, -0.2) is 8.78 Å². The largest absolute Gasteiger partial charge is 0.354 e. The van der Waals surface area contributed by atoms with Crippen LogP contribution >= 0.6 is 11.6 Å². The van der Waals surface area contributed by atoms with Gasteiger partial charge in [-0.2, -0.15) is 0 Å². The quantitative estimate of drug-likeness (QED) is 0.688. The molecule has 1 aromatic heterocycles. The Bertz CT molecular complexity index is 896. The lowest BCUT2D eigenvalue weighted by Crippen LogP contribution is -2.14. The normalized spacial score (nSPS) is 10.4. The van der Waals surface area contributed by atoms with Crippen molar-refractivity contribution in [2.75, 3.05) is 10.6 Å². The Kier molecular flexibility index (Phi) is 4.90. The van der Waals surface area contributed by atoms with E-state index in [0.29, 0.717) is 10.7 Å². The van der Waals surface area contributed by atoms with Crippen molar-refractivity contribution < 1.29 is 13.6 Å². The van der Waals surface area contributed by atoms with Crippen molar-refractivity contribution in [3.63, 3.8) is 0 Å². The van der Waals surface area contributed by atoms with Crippen LogP contribution in [0.25, 0.3) is 0 Å². The van der Waals surface area contributed by atoms with Crippen molar-refractivity contribution in [2.24, 2.45) is 0 Å². The number of nitrogens with one attached hydrogen (secondary N) is 2. The van der Waals surface area contributed by atoms with Crippen LogP contribution in [-0.2, 0) is 0 Å². The maximum atomic E-state index is 13.6. The number of benzene rings is 2. The summed E-state index contributed by atoms with van der Waals surface area (Å²) in [6, 6.07) is 11.8. The molecule has 0 bridgehead atoms. The number of hydrogen-bond acceptors (Lipinski definition) is 3. The first-order chi connectivity index (χ1) is 12.0. The van der Waals surface area contributed by atoms with Crippen LogP contribution in [0.15, 0.2) is 60.9 Å². The molecule has 0 radical (unpaired) electrons. The summed E-state index contributed by atoms with van der Waals surface area (Å²) in [7, 11) is 0. The van der Waals surface area contributed by atoms with E-state index < -0.39 is 23.2 Å². The number of rotatable bonds is 4. The number of aromatic nitrogens is 1. The number of carbonyl (C=O) groups is 1. The minimum Gasteiger partial charge on any atom is -0.354 e. The molecule has 7 heteroatoms. The van der Waals surface area contributed by atoms with Gasteiger partial charge in [-0.15, -0.1) is 0 Å². The standard InChI is InChI=1S/C18H12ClF2N3O/c19-12-4-6-13(7-5-12)23-14-8-11(9-22-10-14)18(25)24-17-15(20)2-1-3-16(17)21/h1-10,23H,(H,24,25). The van der Waals surface area contributed by atoms with E-state index in [1.807, 2.05) is 0 Å². The number of amides is 1. The topological polar surface area (TPSA) is 54.0 Å². The fourth-order valence-electron chi connectivity index (χ4n) is 2.14. The van der Waals surface area contributed by atoms with E-state index in [2.05, 4.69) is 15.6 Å². The lowest BCUT2D eigenvalue weighted by atomic mass is 10.2. The van der Waals surface area contributed by atoms with E-state index in [0.717, 1.165) is 17.8 Å². The predicted octanol–water partition coefficient (Wildman–Crippen LogP) is 5.01. The fourth-order valence-corrected chi connectivity index (χ4v) is 2.26. The zero-order valence-corrected chi connectivity index (χ0v) is 13.5. The summed E-state index contributed by atoms with van der Waals surface area (Å²) < 4.78 is 27.3. The lowest BCUT2D eigenvalue weighted by Gasteiger charge is -2.10. The van der Waals surface area contributed by atoms with Gasteiger partial charge in [0.1, 0.15) is 17.3 Å². The Morgan fingerprint density at radius 1 is 0.960 bits per heavy atom. The van der Waals surface area contributed by atoms with E-state index in [1.165, 1.54) is 24.5 Å². The molecule has 2 aromatic carbocycles. The van der Waals surface area contributed by atoms with E-state index in [-0.39, 0.29) is 5.56 Å². The smallest absolute Gasteiger partial charge is 0.257 e. The summed E-state index contributed by atoms with van der Waals surface area (Å²) in [4.78, 5) is 16.2. The molecule has 0 aliphatic carbocycles. The summed E-state index contributed by atoms with van der Waals surface area (Å²) in [5, 5.41) is 5.88. The highest BCUT2D eigenvalue weighted by atomic mass is 35.5. The average molecular weight is 360 g/mol. The molecule has 0 aliphatic heterocycles. The molecule has 25 heavy (non-hydrogen) atoms. The molecule has 3 rings (SSSR count). The van der Waals surface area contributed by atoms with Gasteiger partial charge in [-0.3, -0.25) is 9.78 Å². The number of halogens is 3. The first-order valence-electron chi connectivity index (χ1n) is 7.26. The van der Waals surface area contributed by atoms with E-state index in [9.17, 15) is 13.6 Å². The van der Waals surface area contributed by atoms with Crippen molar-refractivity contribution in [3.05, 3.63) is 83.1 Å². The molecule has 0 saturated heterocycles. The number of anilines is 3. The molecule has 0 unspecified atom stereocenters. The zero-order chi connectivity index (χ0) is 17.8. The van der Waals surface area contributed by atoms with Gasteiger partial charge in [0.2, 0.25) is 0 Å². The lowest BCUT2D eigenvalue weighted by molar-refractivity contribution is 0.102. The highest BCUT2D eigenvalue weighted by Crippen LogP contribution is 2.21. The highest BCUT2D eigenvalue weighted by molar-refractivity contribution is 6.30. The Morgan fingerprint density at radius 2 is 1.64 bits per heavy atom. The monoisotopic (exact) mass is 359 g/mol. The number of pyridine rings is 1. The van der Waals surface area contributed by atoms with Gasteiger partial charge in [-0.1, -0.05) is 17.7 Å². The molecule has 0 fully saturated rings. The predicted molar refractivity (Wildman–Crippen MR) is 93.3 cm³/mol. The molecule has 0 aliphatic rings. The third-order valence-electron chi connectivity index (χ3n) is 3.33. The number of hydrogen-bond donors (Lipinski definition) is 2. The summed E-state index contributed by atoms with van der Waals surface area (Å²) in [5.74, 6) is -2.37. The van der Waals surface area contributed by atoms with Crippen molar-refractivity contribution >= 4 is 34.6 Å². The number of nitrogens with zero attached hydrogens (tertiary/aromatic N) is 1. The average Bonchev–Trinajstić information content (AvgIpc) is 2.60. The van der Waals surface area contributed by atoms with E-state index in [1.54, 1.807) is 24.3 Å². The van der Waals surface area contributed by atoms with Gasteiger partial charge in [0.25, 0.3) is 5.91 Å². The van der Waals surface area contributed by atoms with Gasteiger partial charge in [0, 0.05) is 16.9 Å². The first-order valence-corrected chi connectivity index (χ1v) is 7.64. The molecule has 126 valence electrons. The minimum absolute atomic E-state index is 0.154. The van der Waals surface area contributed by atoms with Crippen LogP contribution in [0.1, 0.15) is 10.4 Å². The molecule has 3 aromatic rings. The third-order valence-corrected chi connectivity index (χ3v) is 3.59. The Balaban J connectivity index is 1.78. The van der Waals surface area contributed by atoms with Crippen LogP contribution < -0.4 is 10.6 Å². The van der Waals surface area contributed by atoms with Crippen molar-refractivity contribution in [1.82, 2.24) is 4.98 Å². The number of carbonyl (C=O) groups excluding carboxylic acids is 1. The summed E-state index contributed by atoms with van der Waals surface area (Å²) in [6.45, 7) is 0. The molecule has 0 saturated carbocycles. The van der Waals surface area contributed by atoms with Crippen LogP contribution in [0.2, 0.25) is 5.02 Å². The first kappa shape index (κ1) is 16.9. The number of para-hydroxylation sites is 1. The van der Waals surface area contributed by atoms with Crippen LogP contribution in [0.4, 0.5) is 25.8 Å². The molecule has 1 amide bonds. The second-order valence-corrected chi connectivity index (χ2v) is 5.58. The third kappa shape index (κ3) is 4.10. The van der Waals surface area contributed by atoms with Gasteiger partial charge >= 0.3 is 0 Å². The summed E-state index contributed by atoms with van der Waals surface area (Å²) >= 11 is 5.83. The second kappa shape index (κ2) is 7.27. The van der Waals surface area contributed by atoms with Gasteiger partial charge in [0.05, 0.1) is 17.4 Å². The van der Waals surface area contributed by atoms with Crippen LogP contribution in [0.5, 0.6) is 0 Å². The molecule has 2 N–H and O–H groups in total. The summed E-state index contributed by atoms with van der Waals surface area (Å²) in [5.41, 5.74) is 0.957. The minimum atomic E-state index is -0.850. The molecular formula is C18H12ClF2N3O. The van der Waals surface area contributed by atoms with Gasteiger partial charge in [0.15, 0.2) is 0 Å². The van der Waals surface area contributed by atoms with Gasteiger partial charge in [-0.05, 0) is 42.5 Å². The van der Waals surface area contributed by atoms with Crippen LogP contribution in [0.3, 0.4) is 0 Å². The molecule has 0 spiro atoms. The Hall–Kier alpha value is -2.99. The van der Waals surface area contributed by atoms with Gasteiger partial charge < -0.3 is 10.6 Å². The molecule has 0 atom stereocenters. The highest BCUT2D eigenvalue weighted by Gasteiger charge is 2.14. The second-order valence-electron chi connectivity index (χ2n) is 5.14. The summed E-state index contributed by atoms with van der Waals surface area (Å²) in [6.07, 6.45) is 2.83. The Morgan fingerprint density at radius 3 is 2.32 bits per heavy atom. The zero-order valence-electron chi connectivity index (χ0n) is 12.8. The maximum absolute atomic E-state index is 13.6. The Labute approximate surface area is 147 Å². The van der Waals surface area contributed by atoms with Crippen molar-refractivity contribution in [2.45, 2.75) is 0 Å². The maximum Gasteiger partial charge on any atom is 0.257 e. The molecule has 1 heterocycles. The molecule has 4 nitrogen and oxygen atoms in total. The molecular weight excluding hydrogens is 348 g/mol. The van der Waals surface area contributed by atoms with Crippen LogP contribution in [-0.4, -0.2) is 10.9 Å². The van der Waals surface area contributed by atoms with E-state index >= 15 is 0 Å². The van der Waals surface area contributed by atoms with Crippen molar-refractivity contribution in [3.8, 4) is 0 Å². The van der Waals surface area contributed by atoms with Crippen molar-refractivity contribution in [1.29, 1.82) is 0 Å². The van der Waals surface area contributed by atoms with E-state index in [4.69, 9.17) is 11.6 Å². The SMILES string of the molecule is O=C(Nc1c(F)cccc1F)c1cncc(Nc2ccc(Cl)cc2)c1.